The van der Waals surface area contributed by atoms with E-state index in [0.717, 1.165) is 23.6 Å². The van der Waals surface area contributed by atoms with E-state index in [2.05, 4.69) is 15.4 Å². The summed E-state index contributed by atoms with van der Waals surface area (Å²) >= 11 is 1.54. The van der Waals surface area contributed by atoms with Crippen LogP contribution in [0.25, 0.3) is 0 Å². The molecule has 0 aliphatic carbocycles. The number of nitrogen functional groups attached to an aromatic ring is 1. The molecule has 0 saturated heterocycles. The smallest absolute Gasteiger partial charge is 0.233 e. The molecule has 1 heterocycles. The van der Waals surface area contributed by atoms with E-state index in [9.17, 15) is 4.79 Å². The first-order valence-corrected chi connectivity index (χ1v) is 5.91. The lowest BCUT2D eigenvalue weighted by Crippen LogP contribution is -2.29. The van der Waals surface area contributed by atoms with Gasteiger partial charge >= 0.3 is 0 Å². The highest BCUT2D eigenvalue weighted by Gasteiger charge is 2.02. The zero-order valence-electron chi connectivity index (χ0n) is 8.85. The summed E-state index contributed by atoms with van der Waals surface area (Å²) in [5.41, 5.74) is 7.72. The van der Waals surface area contributed by atoms with Crippen LogP contribution in [0.4, 0.5) is 5.82 Å². The summed E-state index contributed by atoms with van der Waals surface area (Å²) in [4.78, 5) is 18.9. The third-order valence-corrected chi connectivity index (χ3v) is 2.97. The number of nitrogens with two attached hydrogens (primary N) is 2. The number of nitrogens with one attached hydrogen (secondary N) is 1. The number of hydrogen-bond acceptors (Lipinski definition) is 6. The lowest BCUT2D eigenvalue weighted by Gasteiger charge is -2.02. The second-order valence-electron chi connectivity index (χ2n) is 3.12. The van der Waals surface area contributed by atoms with E-state index in [-0.39, 0.29) is 5.91 Å². The third kappa shape index (κ3) is 4.45. The molecule has 16 heavy (non-hydrogen) atoms. The molecule has 6 nitrogen and oxygen atoms in total. The minimum atomic E-state index is -0.135. The second kappa shape index (κ2) is 7.02. The van der Waals surface area contributed by atoms with Gasteiger partial charge in [0.1, 0.15) is 5.03 Å². The molecule has 0 fully saturated rings. The number of amides is 1. The van der Waals surface area contributed by atoms with E-state index >= 15 is 0 Å². The number of hydrogen-bond donors (Lipinski definition) is 3. The number of anilines is 1. The molecule has 0 aliphatic rings. The van der Waals surface area contributed by atoms with Crippen molar-refractivity contribution in [2.24, 2.45) is 5.84 Å². The Kier molecular flexibility index (Phi) is 5.58. The Balaban J connectivity index is 2.17. The van der Waals surface area contributed by atoms with E-state index in [1.165, 1.54) is 0 Å². The van der Waals surface area contributed by atoms with Gasteiger partial charge in [-0.15, -0.1) is 11.8 Å². The van der Waals surface area contributed by atoms with Gasteiger partial charge in [-0.1, -0.05) is 0 Å². The number of nitrogens with zero attached hydrogens (tertiary/aromatic N) is 2. The van der Waals surface area contributed by atoms with Crippen molar-refractivity contribution in [3.63, 3.8) is 0 Å². The van der Waals surface area contributed by atoms with Crippen molar-refractivity contribution in [2.45, 2.75) is 24.3 Å². The van der Waals surface area contributed by atoms with Crippen LogP contribution in [-0.2, 0) is 4.79 Å². The maximum absolute atomic E-state index is 10.8. The largest absolute Gasteiger partial charge is 0.381 e. The second-order valence-corrected chi connectivity index (χ2v) is 4.20. The van der Waals surface area contributed by atoms with Crippen molar-refractivity contribution in [3.8, 4) is 0 Å². The Labute approximate surface area is 98.2 Å². The van der Waals surface area contributed by atoms with Crippen LogP contribution >= 0.6 is 11.8 Å². The first-order valence-electron chi connectivity index (χ1n) is 4.92. The average Bonchev–Trinajstić information content (AvgIpc) is 2.30. The molecular formula is C9H15N5OS. The summed E-state index contributed by atoms with van der Waals surface area (Å²) in [6, 6.07) is 0. The molecule has 0 aliphatic heterocycles. The molecule has 88 valence electrons. The van der Waals surface area contributed by atoms with Gasteiger partial charge < -0.3 is 5.73 Å². The number of unbranched alkanes of at least 4 members (excludes halogenated alkanes) is 1. The van der Waals surface area contributed by atoms with Gasteiger partial charge in [0.05, 0.1) is 0 Å². The molecule has 0 atom stereocenters. The van der Waals surface area contributed by atoms with Crippen LogP contribution in [0, 0.1) is 0 Å². The predicted molar refractivity (Wildman–Crippen MR) is 63.3 cm³/mol. The van der Waals surface area contributed by atoms with E-state index in [0.29, 0.717) is 12.2 Å². The van der Waals surface area contributed by atoms with Crippen LogP contribution in [0.5, 0.6) is 0 Å². The summed E-state index contributed by atoms with van der Waals surface area (Å²) in [5, 5.41) is 0.741. The summed E-state index contributed by atoms with van der Waals surface area (Å²) in [5.74, 6) is 6.14. The maximum atomic E-state index is 10.8. The number of thioether (sulfide) groups is 1. The Bertz CT molecular complexity index is 346. The standard InChI is InChI=1S/C9H15N5OS/c10-8-9(13-5-4-12-8)16-6-2-1-3-7(15)14-11/h4-5H,1-3,6,11H2,(H2,10,12)(H,14,15). The van der Waals surface area contributed by atoms with Crippen molar-refractivity contribution in [1.29, 1.82) is 0 Å². The molecular weight excluding hydrogens is 226 g/mol. The van der Waals surface area contributed by atoms with E-state index in [1.807, 2.05) is 0 Å². The normalized spacial score (nSPS) is 10.1. The lowest BCUT2D eigenvalue weighted by atomic mass is 10.2. The summed E-state index contributed by atoms with van der Waals surface area (Å²) in [6.07, 6.45) is 5.34. The predicted octanol–water partition coefficient (Wildman–Crippen LogP) is 0.311. The van der Waals surface area contributed by atoms with Crippen LogP contribution in [-0.4, -0.2) is 21.6 Å². The molecule has 0 bridgehead atoms. The molecule has 1 rings (SSSR count). The zero-order valence-corrected chi connectivity index (χ0v) is 9.67. The van der Waals surface area contributed by atoms with Gasteiger partial charge in [-0.25, -0.2) is 15.8 Å². The van der Waals surface area contributed by atoms with Gasteiger partial charge in [0.2, 0.25) is 5.91 Å². The fraction of sp³-hybridized carbons (Fsp3) is 0.444. The molecule has 0 unspecified atom stereocenters. The average molecular weight is 241 g/mol. The Morgan fingerprint density at radius 2 is 2.12 bits per heavy atom. The van der Waals surface area contributed by atoms with E-state index in [4.69, 9.17) is 11.6 Å². The minimum absolute atomic E-state index is 0.135. The number of rotatable bonds is 6. The number of aromatic nitrogens is 2. The van der Waals surface area contributed by atoms with Crippen LogP contribution in [0.3, 0.4) is 0 Å². The molecule has 7 heteroatoms. The summed E-state index contributed by atoms with van der Waals surface area (Å²) < 4.78 is 0. The van der Waals surface area contributed by atoms with E-state index in [1.54, 1.807) is 24.2 Å². The van der Waals surface area contributed by atoms with Crippen molar-refractivity contribution >= 4 is 23.5 Å². The van der Waals surface area contributed by atoms with Gasteiger partial charge in [-0.2, -0.15) is 0 Å². The topological polar surface area (TPSA) is 107 Å². The van der Waals surface area contributed by atoms with Gasteiger partial charge in [-0.05, 0) is 18.6 Å². The SMILES string of the molecule is NNC(=O)CCCCSc1nccnc1N. The minimum Gasteiger partial charge on any atom is -0.381 e. The van der Waals surface area contributed by atoms with Gasteiger partial charge in [0.15, 0.2) is 5.82 Å². The van der Waals surface area contributed by atoms with Crippen LogP contribution in [0.2, 0.25) is 0 Å². The fourth-order valence-electron chi connectivity index (χ4n) is 1.08. The third-order valence-electron chi connectivity index (χ3n) is 1.89. The lowest BCUT2D eigenvalue weighted by molar-refractivity contribution is -0.121. The Hall–Kier alpha value is -1.34. The highest BCUT2D eigenvalue weighted by atomic mass is 32.2. The number of carbonyl (C=O) groups excluding carboxylic acids is 1. The molecule has 5 N–H and O–H groups in total. The molecule has 1 amide bonds. The van der Waals surface area contributed by atoms with Crippen LogP contribution in [0.15, 0.2) is 17.4 Å². The highest BCUT2D eigenvalue weighted by molar-refractivity contribution is 7.99. The van der Waals surface area contributed by atoms with Gasteiger partial charge in [0.25, 0.3) is 0 Å². The van der Waals surface area contributed by atoms with Gasteiger partial charge in [-0.3, -0.25) is 10.2 Å². The molecule has 0 spiro atoms. The van der Waals surface area contributed by atoms with Crippen LogP contribution in [0.1, 0.15) is 19.3 Å². The first-order chi connectivity index (χ1) is 7.74. The molecule has 1 aromatic heterocycles. The Morgan fingerprint density at radius 1 is 1.38 bits per heavy atom. The molecule has 0 saturated carbocycles. The monoisotopic (exact) mass is 241 g/mol. The van der Waals surface area contributed by atoms with Crippen molar-refractivity contribution in [2.75, 3.05) is 11.5 Å². The fourth-order valence-corrected chi connectivity index (χ4v) is 1.95. The van der Waals surface area contributed by atoms with Crippen LogP contribution < -0.4 is 17.0 Å². The zero-order chi connectivity index (χ0) is 11.8. The first kappa shape index (κ1) is 12.7. The molecule has 0 radical (unpaired) electrons. The quantitative estimate of drug-likeness (QED) is 0.217. The van der Waals surface area contributed by atoms with Crippen molar-refractivity contribution in [1.82, 2.24) is 15.4 Å². The van der Waals surface area contributed by atoms with E-state index < -0.39 is 0 Å². The molecule has 1 aromatic rings. The Morgan fingerprint density at radius 3 is 2.81 bits per heavy atom. The van der Waals surface area contributed by atoms with Crippen molar-refractivity contribution < 1.29 is 4.79 Å². The number of hydrazine groups is 1. The summed E-state index contributed by atoms with van der Waals surface area (Å²) in [7, 11) is 0. The van der Waals surface area contributed by atoms with Gasteiger partial charge in [0, 0.05) is 18.8 Å². The number of carbonyl (C=O) groups is 1. The molecule has 0 aromatic carbocycles. The highest BCUT2D eigenvalue weighted by Crippen LogP contribution is 2.20. The summed E-state index contributed by atoms with van der Waals surface area (Å²) in [6.45, 7) is 0. The van der Waals surface area contributed by atoms with Crippen molar-refractivity contribution in [3.05, 3.63) is 12.4 Å². The maximum Gasteiger partial charge on any atom is 0.233 e.